The lowest BCUT2D eigenvalue weighted by Crippen LogP contribution is -2.61. The number of aliphatic hydroxyl groups excluding tert-OH is 3. The quantitative estimate of drug-likeness (QED) is 0.407. The minimum Gasteiger partial charge on any atom is -0.388 e. The largest absolute Gasteiger partial charge is 0.388 e. The first-order chi connectivity index (χ1) is 6.37. The summed E-state index contributed by atoms with van der Waals surface area (Å²) in [6, 6.07) is 0. The van der Waals surface area contributed by atoms with E-state index in [4.69, 9.17) is 9.84 Å². The monoisotopic (exact) mass is 206 g/mol. The Balaban J connectivity index is 2.74. The Morgan fingerprint density at radius 2 is 2.07 bits per heavy atom. The molecular formula is C8H14O6. The summed E-state index contributed by atoms with van der Waals surface area (Å²) in [5, 5.41) is 37.3. The van der Waals surface area contributed by atoms with Crippen molar-refractivity contribution in [2.24, 2.45) is 0 Å². The average molecular weight is 206 g/mol. The Hall–Kier alpha value is -0.530. The highest BCUT2D eigenvalue weighted by Gasteiger charge is 2.48. The van der Waals surface area contributed by atoms with E-state index in [1.54, 1.807) is 0 Å². The molecule has 1 fully saturated rings. The molecule has 82 valence electrons. The third kappa shape index (κ3) is 2.10. The topological polar surface area (TPSA) is 107 Å². The van der Waals surface area contributed by atoms with Crippen LogP contribution in [0.15, 0.2) is 0 Å². The second kappa shape index (κ2) is 3.92. The molecule has 0 aromatic heterocycles. The Morgan fingerprint density at radius 1 is 1.50 bits per heavy atom. The Bertz CT molecular complexity index is 230. The fourth-order valence-electron chi connectivity index (χ4n) is 1.40. The second-order valence-electron chi connectivity index (χ2n) is 3.54. The van der Waals surface area contributed by atoms with Crippen LogP contribution in [0.1, 0.15) is 13.3 Å². The van der Waals surface area contributed by atoms with Gasteiger partial charge in [0.15, 0.2) is 0 Å². The molecule has 1 aliphatic rings. The summed E-state index contributed by atoms with van der Waals surface area (Å²) in [5.74, 6) is -2.47. The normalized spacial score (nSPS) is 43.6. The number of Topliss-reactive ketones (excluding diaryl/α,β-unsaturated/α-hetero) is 1. The predicted molar refractivity (Wildman–Crippen MR) is 44.2 cm³/mol. The molecule has 1 heterocycles. The van der Waals surface area contributed by atoms with E-state index >= 15 is 0 Å². The van der Waals surface area contributed by atoms with Crippen molar-refractivity contribution >= 4 is 5.78 Å². The number of rotatable bonds is 2. The van der Waals surface area contributed by atoms with Crippen LogP contribution in [-0.4, -0.2) is 56.9 Å². The molecule has 0 radical (unpaired) electrons. The molecule has 4 N–H and O–H groups in total. The summed E-state index contributed by atoms with van der Waals surface area (Å²) in [6.45, 7) is 0.910. The molecule has 0 saturated carbocycles. The Morgan fingerprint density at radius 3 is 2.57 bits per heavy atom. The van der Waals surface area contributed by atoms with Crippen LogP contribution in [-0.2, 0) is 9.53 Å². The van der Waals surface area contributed by atoms with Crippen molar-refractivity contribution in [3.63, 3.8) is 0 Å². The van der Waals surface area contributed by atoms with Crippen molar-refractivity contribution in [2.45, 2.75) is 37.4 Å². The maximum atomic E-state index is 10.8. The minimum absolute atomic E-state index is 0.317. The van der Waals surface area contributed by atoms with E-state index in [1.807, 2.05) is 0 Å². The summed E-state index contributed by atoms with van der Waals surface area (Å²) in [7, 11) is 0. The highest BCUT2D eigenvalue weighted by atomic mass is 16.6. The van der Waals surface area contributed by atoms with Gasteiger partial charge in [-0.05, 0) is 6.92 Å². The molecule has 6 heteroatoms. The first kappa shape index (κ1) is 11.5. The average Bonchev–Trinajstić information content (AvgIpc) is 2.08. The van der Waals surface area contributed by atoms with Crippen LogP contribution in [0, 0.1) is 0 Å². The van der Waals surface area contributed by atoms with Gasteiger partial charge in [0, 0.05) is 0 Å². The van der Waals surface area contributed by atoms with Gasteiger partial charge in [-0.25, -0.2) is 0 Å². The first-order valence-electron chi connectivity index (χ1n) is 4.27. The van der Waals surface area contributed by atoms with Gasteiger partial charge in [-0.3, -0.25) is 4.79 Å². The predicted octanol–water partition coefficient (Wildman–Crippen LogP) is -2.23. The lowest BCUT2D eigenvalue weighted by Gasteiger charge is -2.41. The fourth-order valence-corrected chi connectivity index (χ4v) is 1.40. The van der Waals surface area contributed by atoms with Gasteiger partial charge >= 0.3 is 0 Å². The smallest absolute Gasteiger partial charge is 0.201 e. The number of aliphatic hydroxyl groups is 4. The van der Waals surface area contributed by atoms with E-state index in [2.05, 4.69) is 0 Å². The van der Waals surface area contributed by atoms with Crippen LogP contribution >= 0.6 is 0 Å². The SMILES string of the molecule is CC(=O)C[C@@]1(O)OC[C@@H](O)[C@H](O)[C@H]1O. The lowest BCUT2D eigenvalue weighted by molar-refractivity contribution is -0.319. The van der Waals surface area contributed by atoms with Gasteiger partial charge in [0.05, 0.1) is 13.0 Å². The molecule has 1 aliphatic heterocycles. The van der Waals surface area contributed by atoms with Gasteiger partial charge in [0.1, 0.15) is 24.1 Å². The van der Waals surface area contributed by atoms with Gasteiger partial charge < -0.3 is 25.2 Å². The Labute approximate surface area is 80.7 Å². The summed E-state index contributed by atoms with van der Waals surface area (Å²) in [5.41, 5.74) is 0. The standard InChI is InChI=1S/C8H14O6/c1-4(9)2-8(13)7(12)6(11)5(10)3-14-8/h5-7,10-13H,2-3H2,1H3/t5-,6+,7-,8-/m1/s1. The number of hydrogen-bond donors (Lipinski definition) is 4. The zero-order valence-corrected chi connectivity index (χ0v) is 7.75. The molecule has 1 saturated heterocycles. The van der Waals surface area contributed by atoms with E-state index < -0.39 is 30.5 Å². The molecule has 0 aliphatic carbocycles. The number of carbonyl (C=O) groups excluding carboxylic acids is 1. The molecule has 4 atom stereocenters. The van der Waals surface area contributed by atoms with E-state index in [-0.39, 0.29) is 12.4 Å². The highest BCUT2D eigenvalue weighted by Crippen LogP contribution is 2.26. The summed E-state index contributed by atoms with van der Waals surface area (Å²) >= 11 is 0. The molecular weight excluding hydrogens is 192 g/mol. The zero-order chi connectivity index (χ0) is 10.9. The van der Waals surface area contributed by atoms with E-state index in [0.717, 1.165) is 0 Å². The minimum atomic E-state index is -2.09. The second-order valence-corrected chi connectivity index (χ2v) is 3.54. The highest BCUT2D eigenvalue weighted by molar-refractivity contribution is 5.76. The molecule has 14 heavy (non-hydrogen) atoms. The maximum absolute atomic E-state index is 10.8. The molecule has 0 bridgehead atoms. The van der Waals surface area contributed by atoms with Crippen molar-refractivity contribution in [2.75, 3.05) is 6.61 Å². The van der Waals surface area contributed by atoms with Gasteiger partial charge in [-0.15, -0.1) is 0 Å². The fraction of sp³-hybridized carbons (Fsp3) is 0.875. The van der Waals surface area contributed by atoms with Crippen LogP contribution in [0.25, 0.3) is 0 Å². The maximum Gasteiger partial charge on any atom is 0.201 e. The van der Waals surface area contributed by atoms with Crippen LogP contribution in [0.2, 0.25) is 0 Å². The van der Waals surface area contributed by atoms with Crippen molar-refractivity contribution in [1.82, 2.24) is 0 Å². The Kier molecular flexibility index (Phi) is 3.23. The molecule has 6 nitrogen and oxygen atoms in total. The molecule has 0 spiro atoms. The lowest BCUT2D eigenvalue weighted by atomic mass is 9.93. The number of ether oxygens (including phenoxy) is 1. The van der Waals surface area contributed by atoms with Crippen LogP contribution in [0.3, 0.4) is 0 Å². The van der Waals surface area contributed by atoms with E-state index in [1.165, 1.54) is 6.92 Å². The van der Waals surface area contributed by atoms with Crippen molar-refractivity contribution in [3.8, 4) is 0 Å². The van der Waals surface area contributed by atoms with Crippen LogP contribution < -0.4 is 0 Å². The van der Waals surface area contributed by atoms with Gasteiger partial charge in [-0.1, -0.05) is 0 Å². The van der Waals surface area contributed by atoms with Gasteiger partial charge in [0.25, 0.3) is 0 Å². The van der Waals surface area contributed by atoms with Crippen molar-refractivity contribution in [3.05, 3.63) is 0 Å². The zero-order valence-electron chi connectivity index (χ0n) is 7.75. The summed E-state index contributed by atoms with van der Waals surface area (Å²) in [6.07, 6.45) is -4.86. The molecule has 0 aromatic rings. The van der Waals surface area contributed by atoms with Gasteiger partial charge in [0.2, 0.25) is 5.79 Å². The van der Waals surface area contributed by atoms with Crippen LogP contribution in [0.4, 0.5) is 0 Å². The van der Waals surface area contributed by atoms with Crippen molar-refractivity contribution in [1.29, 1.82) is 0 Å². The summed E-state index contributed by atoms with van der Waals surface area (Å²) < 4.78 is 4.75. The van der Waals surface area contributed by atoms with Gasteiger partial charge in [-0.2, -0.15) is 0 Å². The first-order valence-corrected chi connectivity index (χ1v) is 4.27. The third-order valence-electron chi connectivity index (χ3n) is 2.19. The molecule has 0 amide bonds. The van der Waals surface area contributed by atoms with Crippen LogP contribution in [0.5, 0.6) is 0 Å². The number of carbonyl (C=O) groups is 1. The van der Waals surface area contributed by atoms with E-state index in [0.29, 0.717) is 0 Å². The summed E-state index contributed by atoms with van der Waals surface area (Å²) in [4.78, 5) is 10.8. The molecule has 1 rings (SSSR count). The number of ketones is 1. The number of hydrogen-bond acceptors (Lipinski definition) is 6. The van der Waals surface area contributed by atoms with Crippen molar-refractivity contribution < 1.29 is 30.0 Å². The third-order valence-corrected chi connectivity index (χ3v) is 2.19. The van der Waals surface area contributed by atoms with E-state index in [9.17, 15) is 20.1 Å². The molecule has 0 aromatic carbocycles. The molecule has 0 unspecified atom stereocenters.